The normalized spacial score (nSPS) is 19.5. The molecule has 4 heteroatoms. The molecular weight excluding hydrogens is 324 g/mol. The summed E-state index contributed by atoms with van der Waals surface area (Å²) in [7, 11) is 0. The van der Waals surface area contributed by atoms with Crippen molar-refractivity contribution in [2.45, 2.75) is 58.9 Å². The molecule has 0 radical (unpaired) electrons. The molecule has 1 N–H and O–H groups in total. The summed E-state index contributed by atoms with van der Waals surface area (Å²) in [6.07, 6.45) is 4.68. The molecule has 3 rings (SSSR count). The second kappa shape index (κ2) is 8.24. The quantitative estimate of drug-likeness (QED) is 0.845. The van der Waals surface area contributed by atoms with Crippen LogP contribution in [0.25, 0.3) is 0 Å². The monoisotopic (exact) mass is 356 g/mol. The number of rotatable bonds is 6. The van der Waals surface area contributed by atoms with Gasteiger partial charge < -0.3 is 10.2 Å². The number of nitrogens with one attached hydrogen (secondary N) is 1. The van der Waals surface area contributed by atoms with Gasteiger partial charge in [0.25, 0.3) is 0 Å². The van der Waals surface area contributed by atoms with Crippen LogP contribution < -0.4 is 5.32 Å². The van der Waals surface area contributed by atoms with Crippen molar-refractivity contribution in [3.05, 3.63) is 35.4 Å². The molecule has 1 aromatic rings. The second-order valence-corrected chi connectivity index (χ2v) is 8.20. The molecule has 0 bridgehead atoms. The molecule has 2 aliphatic rings. The number of hydrogen-bond acceptors (Lipinski definition) is 2. The highest BCUT2D eigenvalue weighted by molar-refractivity contribution is 5.82. The Balaban J connectivity index is 1.57. The summed E-state index contributed by atoms with van der Waals surface area (Å²) in [5.74, 6) is 1.08. The number of piperidine rings is 1. The summed E-state index contributed by atoms with van der Waals surface area (Å²) in [6.45, 7) is 7.90. The average molecular weight is 357 g/mol. The molecule has 1 atom stereocenters. The maximum Gasteiger partial charge on any atom is 0.225 e. The van der Waals surface area contributed by atoms with Crippen LogP contribution >= 0.6 is 0 Å². The number of carbonyl (C=O) groups excluding carboxylic acids is 2. The van der Waals surface area contributed by atoms with Gasteiger partial charge in [0.15, 0.2) is 0 Å². The first-order chi connectivity index (χ1) is 12.5. The minimum atomic E-state index is 0.0226. The number of amides is 2. The first-order valence-corrected chi connectivity index (χ1v) is 10.2. The molecule has 2 amide bonds. The zero-order valence-electron chi connectivity index (χ0n) is 16.3. The smallest absolute Gasteiger partial charge is 0.225 e. The molecule has 1 aliphatic heterocycles. The first kappa shape index (κ1) is 18.9. The van der Waals surface area contributed by atoms with Crippen LogP contribution in [0.15, 0.2) is 24.3 Å². The van der Waals surface area contributed by atoms with E-state index in [2.05, 4.69) is 50.4 Å². The number of hydrogen-bond donors (Lipinski definition) is 1. The summed E-state index contributed by atoms with van der Waals surface area (Å²) in [5, 5.41) is 3.28. The SMILES string of the molecule is CCc1ccc([C@H](NC(=O)C2CCN(C(=O)C3CC3)CC2)C(C)C)cc1. The Labute approximate surface area is 157 Å². The van der Waals surface area contributed by atoms with Crippen molar-refractivity contribution in [1.29, 1.82) is 0 Å². The summed E-state index contributed by atoms with van der Waals surface area (Å²) >= 11 is 0. The molecule has 1 saturated heterocycles. The predicted octanol–water partition coefficient (Wildman–Crippen LogP) is 3.71. The van der Waals surface area contributed by atoms with E-state index in [1.165, 1.54) is 11.1 Å². The van der Waals surface area contributed by atoms with Gasteiger partial charge in [-0.3, -0.25) is 9.59 Å². The fourth-order valence-electron chi connectivity index (χ4n) is 3.82. The van der Waals surface area contributed by atoms with Crippen molar-refractivity contribution < 1.29 is 9.59 Å². The van der Waals surface area contributed by atoms with E-state index in [1.807, 2.05) is 4.90 Å². The van der Waals surface area contributed by atoms with Crippen LogP contribution in [-0.4, -0.2) is 29.8 Å². The van der Waals surface area contributed by atoms with Gasteiger partial charge in [-0.15, -0.1) is 0 Å². The lowest BCUT2D eigenvalue weighted by atomic mass is 9.91. The molecule has 142 valence electrons. The van der Waals surface area contributed by atoms with Crippen molar-refractivity contribution in [3.63, 3.8) is 0 Å². The average Bonchev–Trinajstić information content (AvgIpc) is 3.50. The van der Waals surface area contributed by atoms with E-state index in [0.717, 1.165) is 45.2 Å². The minimum absolute atomic E-state index is 0.0226. The van der Waals surface area contributed by atoms with Gasteiger partial charge in [0.05, 0.1) is 6.04 Å². The van der Waals surface area contributed by atoms with Crippen LogP contribution in [0.1, 0.15) is 63.6 Å². The van der Waals surface area contributed by atoms with Crippen molar-refractivity contribution in [3.8, 4) is 0 Å². The largest absolute Gasteiger partial charge is 0.349 e. The number of nitrogens with zero attached hydrogens (tertiary/aromatic N) is 1. The van der Waals surface area contributed by atoms with Gasteiger partial charge in [-0.25, -0.2) is 0 Å². The van der Waals surface area contributed by atoms with Crippen molar-refractivity contribution in [1.82, 2.24) is 10.2 Å². The van der Waals surface area contributed by atoms with E-state index in [9.17, 15) is 9.59 Å². The summed E-state index contributed by atoms with van der Waals surface area (Å²) in [5.41, 5.74) is 2.49. The van der Waals surface area contributed by atoms with Gasteiger partial charge in [0.1, 0.15) is 0 Å². The Bertz CT molecular complexity index is 626. The van der Waals surface area contributed by atoms with Gasteiger partial charge in [0, 0.05) is 24.9 Å². The summed E-state index contributed by atoms with van der Waals surface area (Å²) in [6, 6.07) is 8.62. The third kappa shape index (κ3) is 4.46. The van der Waals surface area contributed by atoms with Crippen LogP contribution in [0.3, 0.4) is 0 Å². The van der Waals surface area contributed by atoms with Gasteiger partial charge >= 0.3 is 0 Å². The number of aryl methyl sites for hydroxylation is 1. The molecule has 0 aromatic heterocycles. The molecule has 1 aromatic carbocycles. The molecular formula is C22H32N2O2. The summed E-state index contributed by atoms with van der Waals surface area (Å²) in [4.78, 5) is 26.9. The van der Waals surface area contributed by atoms with Crippen molar-refractivity contribution >= 4 is 11.8 Å². The predicted molar refractivity (Wildman–Crippen MR) is 104 cm³/mol. The lowest BCUT2D eigenvalue weighted by Gasteiger charge is -2.33. The molecule has 4 nitrogen and oxygen atoms in total. The van der Waals surface area contributed by atoms with E-state index >= 15 is 0 Å². The van der Waals surface area contributed by atoms with Crippen molar-refractivity contribution in [2.24, 2.45) is 17.8 Å². The maximum atomic E-state index is 12.8. The Morgan fingerprint density at radius 1 is 1.04 bits per heavy atom. The summed E-state index contributed by atoms with van der Waals surface area (Å²) < 4.78 is 0. The van der Waals surface area contributed by atoms with Gasteiger partial charge in [-0.2, -0.15) is 0 Å². The van der Waals surface area contributed by atoms with Crippen LogP contribution in [0, 0.1) is 17.8 Å². The molecule has 1 saturated carbocycles. The maximum absolute atomic E-state index is 12.8. The molecule has 0 spiro atoms. The molecule has 1 heterocycles. The lowest BCUT2D eigenvalue weighted by molar-refractivity contribution is -0.137. The highest BCUT2D eigenvalue weighted by Gasteiger charge is 2.36. The Kier molecular flexibility index (Phi) is 6.00. The number of likely N-dealkylation sites (tertiary alicyclic amines) is 1. The highest BCUT2D eigenvalue weighted by Crippen LogP contribution is 2.32. The van der Waals surface area contributed by atoms with Gasteiger partial charge in [0.2, 0.25) is 11.8 Å². The van der Waals surface area contributed by atoms with Crippen LogP contribution in [-0.2, 0) is 16.0 Å². The Morgan fingerprint density at radius 2 is 1.65 bits per heavy atom. The minimum Gasteiger partial charge on any atom is -0.349 e. The van der Waals surface area contributed by atoms with E-state index in [-0.39, 0.29) is 23.8 Å². The fourth-order valence-corrected chi connectivity index (χ4v) is 3.82. The fraction of sp³-hybridized carbons (Fsp3) is 0.636. The third-order valence-corrected chi connectivity index (χ3v) is 5.82. The molecule has 0 unspecified atom stereocenters. The van der Waals surface area contributed by atoms with E-state index in [0.29, 0.717) is 11.8 Å². The topological polar surface area (TPSA) is 49.4 Å². The highest BCUT2D eigenvalue weighted by atomic mass is 16.2. The zero-order chi connectivity index (χ0) is 18.7. The molecule has 26 heavy (non-hydrogen) atoms. The zero-order valence-corrected chi connectivity index (χ0v) is 16.3. The van der Waals surface area contributed by atoms with Crippen LogP contribution in [0.2, 0.25) is 0 Å². The van der Waals surface area contributed by atoms with Gasteiger partial charge in [-0.05, 0) is 49.1 Å². The van der Waals surface area contributed by atoms with Crippen LogP contribution in [0.4, 0.5) is 0 Å². The number of carbonyl (C=O) groups is 2. The molecule has 2 fully saturated rings. The molecule has 1 aliphatic carbocycles. The van der Waals surface area contributed by atoms with E-state index in [1.54, 1.807) is 0 Å². The van der Waals surface area contributed by atoms with E-state index < -0.39 is 0 Å². The Hall–Kier alpha value is -1.84. The van der Waals surface area contributed by atoms with Gasteiger partial charge in [-0.1, -0.05) is 45.0 Å². The first-order valence-electron chi connectivity index (χ1n) is 10.2. The number of benzene rings is 1. The van der Waals surface area contributed by atoms with Crippen molar-refractivity contribution in [2.75, 3.05) is 13.1 Å². The standard InChI is InChI=1S/C22H32N2O2/c1-4-16-5-7-17(8-6-16)20(15(2)3)23-21(25)18-11-13-24(14-12-18)22(26)19-9-10-19/h5-8,15,18-20H,4,9-14H2,1-3H3,(H,23,25)/t20-/m1/s1. The Morgan fingerprint density at radius 3 is 2.15 bits per heavy atom. The van der Waals surface area contributed by atoms with Crippen LogP contribution in [0.5, 0.6) is 0 Å². The van der Waals surface area contributed by atoms with E-state index in [4.69, 9.17) is 0 Å². The lowest BCUT2D eigenvalue weighted by Crippen LogP contribution is -2.44. The third-order valence-electron chi connectivity index (χ3n) is 5.82. The second-order valence-electron chi connectivity index (χ2n) is 8.20.